The van der Waals surface area contributed by atoms with Crippen molar-refractivity contribution in [1.29, 1.82) is 0 Å². The largest absolute Gasteiger partial charge is 0.359 e. The second kappa shape index (κ2) is 3.20. The zero-order valence-electron chi connectivity index (χ0n) is 8.34. The van der Waals surface area contributed by atoms with Crippen LogP contribution in [0.15, 0.2) is 10.6 Å². The van der Waals surface area contributed by atoms with Gasteiger partial charge < -0.3 is 9.84 Å². The Labute approximate surface area is 77.3 Å². The van der Waals surface area contributed by atoms with Gasteiger partial charge in [0.05, 0.1) is 0 Å². The number of nitrogens with one attached hydrogen (secondary N) is 1. The SMILES string of the molecule is CC(=O)Nc1cc(C(C)(C)C)on1. The van der Waals surface area contributed by atoms with Crippen LogP contribution in [-0.2, 0) is 10.2 Å². The van der Waals surface area contributed by atoms with Gasteiger partial charge in [0.1, 0.15) is 5.76 Å². The number of anilines is 1. The molecule has 0 fully saturated rings. The van der Waals surface area contributed by atoms with Gasteiger partial charge in [-0.25, -0.2) is 0 Å². The van der Waals surface area contributed by atoms with Crippen LogP contribution in [0.2, 0.25) is 0 Å². The molecule has 4 heteroatoms. The van der Waals surface area contributed by atoms with E-state index in [-0.39, 0.29) is 11.3 Å². The van der Waals surface area contributed by atoms with Crippen LogP contribution in [0.4, 0.5) is 5.82 Å². The smallest absolute Gasteiger partial charge is 0.222 e. The van der Waals surface area contributed by atoms with Crippen LogP contribution >= 0.6 is 0 Å². The highest BCUT2D eigenvalue weighted by Gasteiger charge is 2.19. The maximum Gasteiger partial charge on any atom is 0.222 e. The zero-order chi connectivity index (χ0) is 10.1. The molecule has 72 valence electrons. The first-order valence-electron chi connectivity index (χ1n) is 4.14. The summed E-state index contributed by atoms with van der Waals surface area (Å²) in [5, 5.41) is 6.27. The summed E-state index contributed by atoms with van der Waals surface area (Å²) in [7, 11) is 0. The predicted molar refractivity (Wildman–Crippen MR) is 49.5 cm³/mol. The molecular formula is C9H14N2O2. The third-order valence-corrected chi connectivity index (χ3v) is 1.55. The third-order valence-electron chi connectivity index (χ3n) is 1.55. The van der Waals surface area contributed by atoms with Crippen molar-refractivity contribution in [2.24, 2.45) is 0 Å². The van der Waals surface area contributed by atoms with Crippen molar-refractivity contribution >= 4 is 11.7 Å². The number of amides is 1. The second-order valence-corrected chi connectivity index (χ2v) is 4.01. The molecule has 1 aromatic rings. The van der Waals surface area contributed by atoms with Gasteiger partial charge in [0.15, 0.2) is 5.82 Å². The van der Waals surface area contributed by atoms with Crippen LogP contribution < -0.4 is 5.32 Å². The van der Waals surface area contributed by atoms with Crippen molar-refractivity contribution < 1.29 is 9.32 Å². The Hall–Kier alpha value is -1.32. The number of carbonyl (C=O) groups excluding carboxylic acids is 1. The van der Waals surface area contributed by atoms with E-state index in [9.17, 15) is 4.79 Å². The Kier molecular flexibility index (Phi) is 2.40. The molecule has 0 spiro atoms. The van der Waals surface area contributed by atoms with Crippen molar-refractivity contribution in [1.82, 2.24) is 5.16 Å². The molecule has 0 aliphatic carbocycles. The summed E-state index contributed by atoms with van der Waals surface area (Å²) >= 11 is 0. The quantitative estimate of drug-likeness (QED) is 0.722. The van der Waals surface area contributed by atoms with Gasteiger partial charge in [-0.15, -0.1) is 0 Å². The van der Waals surface area contributed by atoms with Gasteiger partial charge in [0.2, 0.25) is 5.91 Å². The fraction of sp³-hybridized carbons (Fsp3) is 0.556. The fourth-order valence-corrected chi connectivity index (χ4v) is 0.868. The Bertz CT molecular complexity index is 310. The minimum Gasteiger partial charge on any atom is -0.359 e. The van der Waals surface area contributed by atoms with Gasteiger partial charge in [-0.05, 0) is 0 Å². The highest BCUT2D eigenvalue weighted by Crippen LogP contribution is 2.24. The molecule has 0 aliphatic heterocycles. The normalized spacial score (nSPS) is 11.4. The summed E-state index contributed by atoms with van der Waals surface area (Å²) in [5.41, 5.74) is -0.0796. The molecular weight excluding hydrogens is 168 g/mol. The number of hydrogen-bond acceptors (Lipinski definition) is 3. The predicted octanol–water partition coefficient (Wildman–Crippen LogP) is 1.93. The maximum atomic E-state index is 10.7. The van der Waals surface area contributed by atoms with Crippen molar-refractivity contribution in [3.05, 3.63) is 11.8 Å². The van der Waals surface area contributed by atoms with Gasteiger partial charge in [0.25, 0.3) is 0 Å². The van der Waals surface area contributed by atoms with E-state index in [1.54, 1.807) is 6.07 Å². The summed E-state index contributed by atoms with van der Waals surface area (Å²) in [4.78, 5) is 10.7. The summed E-state index contributed by atoms with van der Waals surface area (Å²) in [6, 6.07) is 1.74. The van der Waals surface area contributed by atoms with E-state index < -0.39 is 0 Å². The summed E-state index contributed by atoms with van der Waals surface area (Å²) < 4.78 is 5.07. The third kappa shape index (κ3) is 2.57. The van der Waals surface area contributed by atoms with Crippen molar-refractivity contribution in [2.75, 3.05) is 5.32 Å². The monoisotopic (exact) mass is 182 g/mol. The zero-order valence-corrected chi connectivity index (χ0v) is 8.34. The first-order chi connectivity index (χ1) is 5.89. The van der Waals surface area contributed by atoms with Crippen LogP contribution in [0, 0.1) is 0 Å². The average Bonchev–Trinajstić information content (AvgIpc) is 2.32. The molecule has 0 atom stereocenters. The minimum absolute atomic E-state index is 0.0796. The van der Waals surface area contributed by atoms with Crippen molar-refractivity contribution in [2.45, 2.75) is 33.1 Å². The Balaban J connectivity index is 2.81. The van der Waals surface area contributed by atoms with E-state index in [2.05, 4.69) is 10.5 Å². The summed E-state index contributed by atoms with van der Waals surface area (Å²) in [6.45, 7) is 7.49. The Morgan fingerprint density at radius 3 is 2.54 bits per heavy atom. The number of hydrogen-bond donors (Lipinski definition) is 1. The lowest BCUT2D eigenvalue weighted by atomic mass is 9.93. The molecule has 1 rings (SSSR count). The summed E-state index contributed by atoms with van der Waals surface area (Å²) in [5.74, 6) is 1.09. The van der Waals surface area contributed by atoms with Crippen molar-refractivity contribution in [3.63, 3.8) is 0 Å². The lowest BCUT2D eigenvalue weighted by Gasteiger charge is -2.11. The molecule has 0 unspecified atom stereocenters. The van der Waals surface area contributed by atoms with Crippen molar-refractivity contribution in [3.8, 4) is 0 Å². The average molecular weight is 182 g/mol. The lowest BCUT2D eigenvalue weighted by Crippen LogP contribution is -2.09. The van der Waals surface area contributed by atoms with Gasteiger partial charge in [0, 0.05) is 18.4 Å². The number of nitrogens with zero attached hydrogens (tertiary/aromatic N) is 1. The van der Waals surface area contributed by atoms with Crippen LogP contribution in [0.1, 0.15) is 33.5 Å². The minimum atomic E-state index is -0.145. The molecule has 0 radical (unpaired) electrons. The van der Waals surface area contributed by atoms with Crippen LogP contribution in [-0.4, -0.2) is 11.1 Å². The standard InChI is InChI=1S/C9H14N2O2/c1-6(12)10-8-5-7(13-11-8)9(2,3)4/h5H,1-4H3,(H,10,11,12). The molecule has 1 aromatic heterocycles. The van der Waals surface area contributed by atoms with Gasteiger partial charge in [-0.2, -0.15) is 0 Å². The molecule has 4 nitrogen and oxygen atoms in total. The van der Waals surface area contributed by atoms with Crippen LogP contribution in [0.3, 0.4) is 0 Å². The van der Waals surface area contributed by atoms with Crippen LogP contribution in [0.25, 0.3) is 0 Å². The molecule has 0 aromatic carbocycles. The molecule has 0 saturated heterocycles. The molecule has 0 bridgehead atoms. The van der Waals surface area contributed by atoms with Gasteiger partial charge >= 0.3 is 0 Å². The van der Waals surface area contributed by atoms with E-state index in [4.69, 9.17) is 4.52 Å². The van der Waals surface area contributed by atoms with E-state index in [1.165, 1.54) is 6.92 Å². The molecule has 1 amide bonds. The lowest BCUT2D eigenvalue weighted by molar-refractivity contribution is -0.114. The molecule has 1 N–H and O–H groups in total. The fourth-order valence-electron chi connectivity index (χ4n) is 0.868. The van der Waals surface area contributed by atoms with Crippen LogP contribution in [0.5, 0.6) is 0 Å². The number of aromatic nitrogens is 1. The van der Waals surface area contributed by atoms with E-state index >= 15 is 0 Å². The van der Waals surface area contributed by atoms with Gasteiger partial charge in [-0.1, -0.05) is 25.9 Å². The first kappa shape index (κ1) is 9.77. The van der Waals surface area contributed by atoms with E-state index in [0.717, 1.165) is 5.76 Å². The maximum absolute atomic E-state index is 10.7. The first-order valence-corrected chi connectivity index (χ1v) is 4.14. The number of carbonyl (C=O) groups is 1. The molecule has 0 saturated carbocycles. The highest BCUT2D eigenvalue weighted by atomic mass is 16.5. The molecule has 1 heterocycles. The van der Waals surface area contributed by atoms with Gasteiger partial charge in [-0.3, -0.25) is 4.79 Å². The van der Waals surface area contributed by atoms with E-state index in [0.29, 0.717) is 5.82 Å². The second-order valence-electron chi connectivity index (χ2n) is 4.01. The summed E-state index contributed by atoms with van der Waals surface area (Å²) in [6.07, 6.45) is 0. The topological polar surface area (TPSA) is 55.1 Å². The van der Waals surface area contributed by atoms with E-state index in [1.807, 2.05) is 20.8 Å². The Morgan fingerprint density at radius 1 is 1.54 bits per heavy atom. The Morgan fingerprint density at radius 2 is 2.15 bits per heavy atom. The molecule has 13 heavy (non-hydrogen) atoms. The molecule has 0 aliphatic rings. The highest BCUT2D eigenvalue weighted by molar-refractivity contribution is 5.87. The number of rotatable bonds is 1.